The highest BCUT2D eigenvalue weighted by Crippen LogP contribution is 2.46. The molecule has 1 N–H and O–H groups in total. The number of phosphoric acid groups is 1. The molecular weight excluding hydrogens is 375 g/mol. The molecule has 2 saturated heterocycles. The molecule has 156 valence electrons. The first-order chi connectivity index (χ1) is 13.0. The molecular formula is C18H31O8P. The fraction of sp³-hybridized carbons (Fsp3) is 1.00. The maximum absolute atomic E-state index is 12.2. The minimum Gasteiger partial charge on any atom is -0.347 e. The highest BCUT2D eigenvalue weighted by Gasteiger charge is 2.44. The van der Waals surface area contributed by atoms with Crippen molar-refractivity contribution in [2.75, 3.05) is 26.4 Å². The lowest BCUT2D eigenvalue weighted by molar-refractivity contribution is -0.190. The molecule has 0 aromatic heterocycles. The molecule has 2 atom stereocenters. The Bertz CT molecular complexity index is 499. The zero-order valence-electron chi connectivity index (χ0n) is 15.8. The van der Waals surface area contributed by atoms with Crippen LogP contribution in [0.15, 0.2) is 0 Å². The van der Waals surface area contributed by atoms with E-state index in [9.17, 15) is 9.46 Å². The van der Waals surface area contributed by atoms with Crippen LogP contribution >= 0.6 is 7.82 Å². The Balaban J connectivity index is 1.18. The fourth-order valence-corrected chi connectivity index (χ4v) is 5.28. The lowest BCUT2D eigenvalue weighted by atomic mass is 9.94. The average molecular weight is 406 g/mol. The topological polar surface area (TPSA) is 92.7 Å². The summed E-state index contributed by atoms with van der Waals surface area (Å²) in [6.07, 6.45) is 9.53. The van der Waals surface area contributed by atoms with Crippen LogP contribution in [0, 0.1) is 0 Å². The summed E-state index contributed by atoms with van der Waals surface area (Å²) in [4.78, 5) is 9.96. The van der Waals surface area contributed by atoms with Gasteiger partial charge in [-0.05, 0) is 25.7 Å². The van der Waals surface area contributed by atoms with Gasteiger partial charge in [-0.3, -0.25) is 9.05 Å². The number of rotatable bonds is 6. The Morgan fingerprint density at radius 3 is 1.59 bits per heavy atom. The van der Waals surface area contributed by atoms with Crippen LogP contribution in [0.4, 0.5) is 0 Å². The maximum Gasteiger partial charge on any atom is 0.472 e. The van der Waals surface area contributed by atoms with Gasteiger partial charge in [0.15, 0.2) is 11.6 Å². The zero-order chi connectivity index (χ0) is 18.8. The van der Waals surface area contributed by atoms with Crippen LogP contribution in [0.2, 0.25) is 0 Å². The van der Waals surface area contributed by atoms with Crippen molar-refractivity contribution in [1.82, 2.24) is 0 Å². The van der Waals surface area contributed by atoms with Crippen molar-refractivity contribution < 1.29 is 37.5 Å². The van der Waals surface area contributed by atoms with Crippen molar-refractivity contribution >= 4 is 7.82 Å². The molecule has 2 aliphatic heterocycles. The monoisotopic (exact) mass is 406 g/mol. The van der Waals surface area contributed by atoms with Crippen molar-refractivity contribution in [2.24, 2.45) is 0 Å². The molecule has 4 aliphatic rings. The van der Waals surface area contributed by atoms with Gasteiger partial charge in [-0.1, -0.05) is 12.8 Å². The summed E-state index contributed by atoms with van der Waals surface area (Å²) in [5.41, 5.74) is 0. The molecule has 0 amide bonds. The molecule has 27 heavy (non-hydrogen) atoms. The van der Waals surface area contributed by atoms with E-state index in [2.05, 4.69) is 0 Å². The molecule has 8 nitrogen and oxygen atoms in total. The van der Waals surface area contributed by atoms with Crippen LogP contribution in [-0.2, 0) is 32.6 Å². The van der Waals surface area contributed by atoms with Crippen molar-refractivity contribution in [2.45, 2.75) is 88.0 Å². The molecule has 0 aromatic carbocycles. The van der Waals surface area contributed by atoms with Crippen molar-refractivity contribution in [3.8, 4) is 0 Å². The second-order valence-corrected chi connectivity index (χ2v) is 9.56. The van der Waals surface area contributed by atoms with Gasteiger partial charge in [0.1, 0.15) is 12.2 Å². The normalized spacial score (nSPS) is 34.9. The summed E-state index contributed by atoms with van der Waals surface area (Å²) < 4.78 is 46.0. The van der Waals surface area contributed by atoms with E-state index in [4.69, 9.17) is 28.0 Å². The molecule has 4 rings (SSSR count). The lowest BCUT2D eigenvalue weighted by Gasteiger charge is -2.31. The minimum atomic E-state index is -4.17. The second kappa shape index (κ2) is 8.36. The summed E-state index contributed by atoms with van der Waals surface area (Å²) in [7, 11) is -4.17. The number of hydrogen-bond donors (Lipinski definition) is 1. The van der Waals surface area contributed by atoms with E-state index in [-0.39, 0.29) is 25.4 Å². The molecule has 2 saturated carbocycles. The summed E-state index contributed by atoms with van der Waals surface area (Å²) in [5, 5.41) is 0. The molecule has 9 heteroatoms. The highest BCUT2D eigenvalue weighted by atomic mass is 31.2. The van der Waals surface area contributed by atoms with Gasteiger partial charge in [0, 0.05) is 25.7 Å². The Morgan fingerprint density at radius 2 is 1.19 bits per heavy atom. The predicted octanol–water partition coefficient (Wildman–Crippen LogP) is 3.27. The van der Waals surface area contributed by atoms with E-state index < -0.39 is 19.4 Å². The smallest absolute Gasteiger partial charge is 0.347 e. The Labute approximate surface area is 160 Å². The van der Waals surface area contributed by atoms with Crippen LogP contribution in [-0.4, -0.2) is 55.1 Å². The SMILES string of the molecule is O=P(O)(OCC1COC2(CCCCC2)O1)OCC1COC2(CCCCC2)O1. The maximum atomic E-state index is 12.2. The van der Waals surface area contributed by atoms with Gasteiger partial charge >= 0.3 is 7.82 Å². The third kappa shape index (κ3) is 5.11. The first-order valence-electron chi connectivity index (χ1n) is 10.2. The van der Waals surface area contributed by atoms with Gasteiger partial charge in [-0.2, -0.15) is 0 Å². The van der Waals surface area contributed by atoms with Gasteiger partial charge < -0.3 is 23.8 Å². The van der Waals surface area contributed by atoms with Crippen molar-refractivity contribution in [3.05, 3.63) is 0 Å². The van der Waals surface area contributed by atoms with Crippen molar-refractivity contribution in [1.29, 1.82) is 0 Å². The Hall–Kier alpha value is -0.0500. The quantitative estimate of drug-likeness (QED) is 0.672. The van der Waals surface area contributed by atoms with Crippen LogP contribution in [0.1, 0.15) is 64.2 Å². The molecule has 2 spiro atoms. The average Bonchev–Trinajstić information content (AvgIpc) is 3.25. The Morgan fingerprint density at radius 1 is 0.778 bits per heavy atom. The number of phosphoric ester groups is 1. The van der Waals surface area contributed by atoms with Gasteiger partial charge in [0.2, 0.25) is 0 Å². The fourth-order valence-electron chi connectivity index (χ4n) is 4.49. The van der Waals surface area contributed by atoms with E-state index in [1.807, 2.05) is 0 Å². The summed E-state index contributed by atoms with van der Waals surface area (Å²) in [5.74, 6) is -1.04. The van der Waals surface area contributed by atoms with E-state index in [1.54, 1.807) is 0 Å². The van der Waals surface area contributed by atoms with E-state index >= 15 is 0 Å². The summed E-state index contributed by atoms with van der Waals surface area (Å²) >= 11 is 0. The first-order valence-corrected chi connectivity index (χ1v) is 11.7. The molecule has 2 aliphatic carbocycles. The first kappa shape index (κ1) is 20.2. The van der Waals surface area contributed by atoms with Crippen LogP contribution < -0.4 is 0 Å². The Kier molecular flexibility index (Phi) is 6.27. The lowest BCUT2D eigenvalue weighted by Crippen LogP contribution is -2.34. The van der Waals surface area contributed by atoms with Crippen molar-refractivity contribution in [3.63, 3.8) is 0 Å². The van der Waals surface area contributed by atoms with Gasteiger partial charge in [0.25, 0.3) is 0 Å². The van der Waals surface area contributed by atoms with E-state index in [0.717, 1.165) is 51.4 Å². The van der Waals surface area contributed by atoms with E-state index in [0.29, 0.717) is 13.2 Å². The van der Waals surface area contributed by atoms with Gasteiger partial charge in [-0.25, -0.2) is 4.57 Å². The molecule has 2 heterocycles. The van der Waals surface area contributed by atoms with E-state index in [1.165, 1.54) is 12.8 Å². The second-order valence-electron chi connectivity index (χ2n) is 8.10. The predicted molar refractivity (Wildman–Crippen MR) is 95.0 cm³/mol. The van der Waals surface area contributed by atoms with Gasteiger partial charge in [-0.15, -0.1) is 0 Å². The van der Waals surface area contributed by atoms with Crippen LogP contribution in [0.25, 0.3) is 0 Å². The van der Waals surface area contributed by atoms with Gasteiger partial charge in [0.05, 0.1) is 26.4 Å². The minimum absolute atomic E-state index is 0.0263. The largest absolute Gasteiger partial charge is 0.472 e. The summed E-state index contributed by atoms with van der Waals surface area (Å²) in [6.45, 7) is 0.702. The number of ether oxygens (including phenoxy) is 4. The molecule has 0 aromatic rings. The zero-order valence-corrected chi connectivity index (χ0v) is 16.7. The summed E-state index contributed by atoms with van der Waals surface area (Å²) in [6, 6.07) is 0. The number of hydrogen-bond acceptors (Lipinski definition) is 7. The van der Waals surface area contributed by atoms with Crippen LogP contribution in [0.3, 0.4) is 0 Å². The standard InChI is InChI=1S/C18H31O8P/c19-27(20,23-13-15-11-21-17(25-15)7-3-1-4-8-17)24-14-16-12-22-18(26-16)9-5-2-6-10-18/h15-16H,1-14H2,(H,19,20). The molecule has 0 bridgehead atoms. The third-order valence-corrected chi connectivity index (χ3v) is 6.86. The molecule has 0 radical (unpaired) electrons. The third-order valence-electron chi connectivity index (χ3n) is 5.91. The highest BCUT2D eigenvalue weighted by molar-refractivity contribution is 7.47. The van der Waals surface area contributed by atoms with Crippen LogP contribution in [0.5, 0.6) is 0 Å². The molecule has 2 unspecified atom stereocenters. The molecule has 4 fully saturated rings.